The second-order valence-corrected chi connectivity index (χ2v) is 8.89. The summed E-state index contributed by atoms with van der Waals surface area (Å²) in [6, 6.07) is 12.3. The Hall–Kier alpha value is -2.38. The van der Waals surface area contributed by atoms with Gasteiger partial charge in [0.15, 0.2) is 5.78 Å². The number of aromatic nitrogens is 4. The Morgan fingerprint density at radius 3 is 2.67 bits per heavy atom. The van der Waals surface area contributed by atoms with E-state index >= 15 is 0 Å². The molecule has 0 saturated heterocycles. The van der Waals surface area contributed by atoms with Gasteiger partial charge in [-0.1, -0.05) is 30.0 Å². The Labute approximate surface area is 181 Å². The number of hydrogen-bond acceptors (Lipinski definition) is 5. The molecule has 2 heterocycles. The number of hydrogen-bond donors (Lipinski definition) is 0. The van der Waals surface area contributed by atoms with Crippen LogP contribution >= 0.6 is 11.8 Å². The first kappa shape index (κ1) is 20.9. The van der Waals surface area contributed by atoms with Crippen LogP contribution in [-0.2, 0) is 4.74 Å². The molecule has 30 heavy (non-hydrogen) atoms. The van der Waals surface area contributed by atoms with Crippen molar-refractivity contribution in [3.63, 3.8) is 0 Å². The number of nitrogens with zero attached hydrogens (tertiary/aromatic N) is 4. The number of benzene rings is 1. The van der Waals surface area contributed by atoms with Crippen LogP contribution in [0.1, 0.15) is 59.3 Å². The molecule has 1 unspecified atom stereocenters. The predicted molar refractivity (Wildman–Crippen MR) is 119 cm³/mol. The van der Waals surface area contributed by atoms with E-state index in [2.05, 4.69) is 11.5 Å². The van der Waals surface area contributed by atoms with E-state index in [4.69, 9.17) is 14.8 Å². The molecule has 1 fully saturated rings. The maximum Gasteiger partial charge on any atom is 0.209 e. The Balaban J connectivity index is 1.50. The fraction of sp³-hybridized carbons (Fsp3) is 0.435. The highest BCUT2D eigenvalue weighted by Gasteiger charge is 2.30. The lowest BCUT2D eigenvalue weighted by Gasteiger charge is -2.17. The Morgan fingerprint density at radius 1 is 1.27 bits per heavy atom. The molecule has 2 aromatic heterocycles. The van der Waals surface area contributed by atoms with E-state index in [9.17, 15) is 4.79 Å². The van der Waals surface area contributed by atoms with Crippen molar-refractivity contribution in [2.24, 2.45) is 0 Å². The quantitative estimate of drug-likeness (QED) is 0.367. The molecule has 1 aliphatic rings. The average Bonchev–Trinajstić information content (AvgIpc) is 3.42. The van der Waals surface area contributed by atoms with E-state index in [0.717, 1.165) is 41.3 Å². The average molecular weight is 425 g/mol. The van der Waals surface area contributed by atoms with Crippen LogP contribution in [0, 0.1) is 13.8 Å². The number of carbonyl (C=O) groups is 1. The third-order valence-electron chi connectivity index (χ3n) is 5.52. The van der Waals surface area contributed by atoms with Gasteiger partial charge in [-0.25, -0.2) is 9.67 Å². The van der Waals surface area contributed by atoms with Crippen molar-refractivity contribution < 1.29 is 9.53 Å². The number of carbonyl (C=O) groups excluding carboxylic acids is 1. The van der Waals surface area contributed by atoms with Gasteiger partial charge in [0.05, 0.1) is 24.1 Å². The van der Waals surface area contributed by atoms with Crippen LogP contribution in [0.25, 0.3) is 5.69 Å². The van der Waals surface area contributed by atoms with E-state index in [-0.39, 0.29) is 11.8 Å². The minimum atomic E-state index is 0.105. The lowest BCUT2D eigenvalue weighted by molar-refractivity contribution is 0.102. The molecule has 0 spiro atoms. The summed E-state index contributed by atoms with van der Waals surface area (Å²) in [7, 11) is 1.70. The number of methoxy groups -OCH3 is 1. The van der Waals surface area contributed by atoms with Crippen LogP contribution in [0.5, 0.6) is 0 Å². The molecular weight excluding hydrogens is 396 g/mol. The summed E-state index contributed by atoms with van der Waals surface area (Å²) in [4.78, 5) is 17.7. The molecule has 0 aliphatic heterocycles. The van der Waals surface area contributed by atoms with Crippen molar-refractivity contribution in [3.05, 3.63) is 59.2 Å². The fourth-order valence-electron chi connectivity index (χ4n) is 3.99. The van der Waals surface area contributed by atoms with E-state index in [1.165, 1.54) is 11.8 Å². The van der Waals surface area contributed by atoms with Gasteiger partial charge in [0.25, 0.3) is 0 Å². The molecule has 0 bridgehead atoms. The second-order valence-electron chi connectivity index (χ2n) is 7.95. The van der Waals surface area contributed by atoms with Gasteiger partial charge >= 0.3 is 0 Å². The monoisotopic (exact) mass is 424 g/mol. The molecule has 0 amide bonds. The summed E-state index contributed by atoms with van der Waals surface area (Å²) in [6.45, 7) is 6.76. The fourth-order valence-corrected chi connectivity index (χ4v) is 4.70. The van der Waals surface area contributed by atoms with Crippen molar-refractivity contribution >= 4 is 17.5 Å². The highest BCUT2D eigenvalue weighted by molar-refractivity contribution is 7.99. The summed E-state index contributed by atoms with van der Waals surface area (Å²) in [6.07, 6.45) is 2.31. The predicted octanol–water partition coefficient (Wildman–Crippen LogP) is 4.75. The molecule has 4 rings (SSSR count). The second kappa shape index (κ2) is 8.78. The number of para-hydroxylation sites is 1. The van der Waals surface area contributed by atoms with Crippen LogP contribution in [0.15, 0.2) is 41.6 Å². The first-order valence-corrected chi connectivity index (χ1v) is 11.3. The Bertz CT molecular complexity index is 1040. The molecule has 6 nitrogen and oxygen atoms in total. The van der Waals surface area contributed by atoms with Gasteiger partial charge in [-0.15, -0.1) is 5.10 Å². The summed E-state index contributed by atoms with van der Waals surface area (Å²) in [5, 5.41) is 5.36. The standard InChI is InChI=1S/C23H28N4O2S/c1-15-12-20(17(3)26(15)16(2)13-29-4)21(28)14-30-23-24-22(18-10-11-18)27(25-23)19-8-6-5-7-9-19/h5-9,12,16,18H,10-11,13-14H2,1-4H3. The third kappa shape index (κ3) is 4.23. The zero-order valence-corrected chi connectivity index (χ0v) is 18.8. The number of thioether (sulfide) groups is 1. The minimum absolute atomic E-state index is 0.105. The van der Waals surface area contributed by atoms with Gasteiger partial charge in [-0.05, 0) is 51.8 Å². The molecule has 7 heteroatoms. The zero-order valence-electron chi connectivity index (χ0n) is 18.0. The van der Waals surface area contributed by atoms with Crippen molar-refractivity contribution in [3.8, 4) is 5.69 Å². The number of rotatable bonds is 9. The Morgan fingerprint density at radius 2 is 2.00 bits per heavy atom. The maximum atomic E-state index is 13.0. The minimum Gasteiger partial charge on any atom is -0.383 e. The lowest BCUT2D eigenvalue weighted by Crippen LogP contribution is -2.14. The van der Waals surface area contributed by atoms with Crippen LogP contribution in [-0.4, -0.2) is 44.6 Å². The summed E-state index contributed by atoms with van der Waals surface area (Å²) < 4.78 is 9.40. The molecule has 1 atom stereocenters. The topological polar surface area (TPSA) is 61.9 Å². The summed E-state index contributed by atoms with van der Waals surface area (Å²) in [5.41, 5.74) is 3.85. The van der Waals surface area contributed by atoms with E-state index in [1.807, 2.05) is 54.9 Å². The van der Waals surface area contributed by atoms with Gasteiger partial charge < -0.3 is 9.30 Å². The molecule has 1 saturated carbocycles. The van der Waals surface area contributed by atoms with Crippen LogP contribution in [0.4, 0.5) is 0 Å². The SMILES string of the molecule is COCC(C)n1c(C)cc(C(=O)CSc2nc(C3CC3)n(-c3ccccc3)n2)c1C. The van der Waals surface area contributed by atoms with Crippen LogP contribution < -0.4 is 0 Å². The van der Waals surface area contributed by atoms with Gasteiger partial charge in [0, 0.05) is 30.0 Å². The van der Waals surface area contributed by atoms with Gasteiger partial charge in [0.1, 0.15) is 5.82 Å². The van der Waals surface area contributed by atoms with Crippen molar-refractivity contribution in [2.45, 2.75) is 50.7 Å². The van der Waals surface area contributed by atoms with Crippen LogP contribution in [0.2, 0.25) is 0 Å². The number of ether oxygens (including phenoxy) is 1. The van der Waals surface area contributed by atoms with Crippen LogP contribution in [0.3, 0.4) is 0 Å². The largest absolute Gasteiger partial charge is 0.383 e. The third-order valence-corrected chi connectivity index (χ3v) is 6.36. The van der Waals surface area contributed by atoms with Crippen molar-refractivity contribution in [1.82, 2.24) is 19.3 Å². The number of aryl methyl sites for hydroxylation is 1. The van der Waals surface area contributed by atoms with Gasteiger partial charge in [-0.2, -0.15) is 0 Å². The van der Waals surface area contributed by atoms with E-state index in [0.29, 0.717) is 23.4 Å². The molecule has 3 aromatic rings. The maximum absolute atomic E-state index is 13.0. The highest BCUT2D eigenvalue weighted by atomic mass is 32.2. The zero-order chi connectivity index (χ0) is 21.3. The Kier molecular flexibility index (Phi) is 6.11. The van der Waals surface area contributed by atoms with Crippen molar-refractivity contribution in [2.75, 3.05) is 19.5 Å². The highest BCUT2D eigenvalue weighted by Crippen LogP contribution is 2.40. The summed E-state index contributed by atoms with van der Waals surface area (Å²) in [5.74, 6) is 1.91. The lowest BCUT2D eigenvalue weighted by atomic mass is 10.2. The van der Waals surface area contributed by atoms with E-state index in [1.54, 1.807) is 7.11 Å². The molecule has 1 aliphatic carbocycles. The molecule has 0 N–H and O–H groups in total. The van der Waals surface area contributed by atoms with Gasteiger partial charge in [-0.3, -0.25) is 4.79 Å². The summed E-state index contributed by atoms with van der Waals surface area (Å²) >= 11 is 1.41. The molecule has 158 valence electrons. The first-order valence-electron chi connectivity index (χ1n) is 10.3. The normalized spacial score (nSPS) is 14.8. The van der Waals surface area contributed by atoms with Crippen molar-refractivity contribution in [1.29, 1.82) is 0 Å². The molecule has 0 radical (unpaired) electrons. The smallest absolute Gasteiger partial charge is 0.209 e. The first-order chi connectivity index (χ1) is 14.5. The number of ketones is 1. The van der Waals surface area contributed by atoms with E-state index < -0.39 is 0 Å². The van der Waals surface area contributed by atoms with Gasteiger partial charge in [0.2, 0.25) is 5.16 Å². The number of Topliss-reactive ketones (excluding diaryl/α,β-unsaturated/α-hetero) is 1. The molecule has 1 aromatic carbocycles. The molecular formula is C23H28N4O2S.